The maximum Gasteiger partial charge on any atom is 0.111 e. The molecule has 0 spiro atoms. The topological polar surface area (TPSA) is 56.8 Å². The molecule has 5 nitrogen and oxygen atoms in total. The van der Waals surface area contributed by atoms with Gasteiger partial charge in [0.25, 0.3) is 0 Å². The third-order valence-corrected chi connectivity index (χ3v) is 6.00. The maximum atomic E-state index is 4.97. The van der Waals surface area contributed by atoms with Gasteiger partial charge in [0, 0.05) is 37.5 Å². The number of benzene rings is 1. The molecule has 5 heteroatoms. The van der Waals surface area contributed by atoms with E-state index in [2.05, 4.69) is 109 Å². The van der Waals surface area contributed by atoms with Crippen LogP contribution in [0, 0.1) is 12.8 Å². The number of hydrogen-bond acceptors (Lipinski definition) is 4. The second kappa shape index (κ2) is 12.5. The van der Waals surface area contributed by atoms with Crippen LogP contribution >= 0.6 is 0 Å². The van der Waals surface area contributed by atoms with E-state index in [-0.39, 0.29) is 0 Å². The van der Waals surface area contributed by atoms with Crippen LogP contribution in [0.5, 0.6) is 0 Å². The quantitative estimate of drug-likeness (QED) is 0.282. The Balaban J connectivity index is 0.00000176. The van der Waals surface area contributed by atoms with Crippen molar-refractivity contribution in [1.82, 2.24) is 19.9 Å². The molecule has 184 valence electrons. The van der Waals surface area contributed by atoms with Gasteiger partial charge in [-0.1, -0.05) is 49.1 Å². The molecule has 2 heterocycles. The lowest BCUT2D eigenvalue weighted by molar-refractivity contribution is 0.449. The lowest BCUT2D eigenvalue weighted by Gasteiger charge is -2.14. The smallest absolute Gasteiger partial charge is 0.111 e. The highest BCUT2D eigenvalue weighted by atomic mass is 15.0. The van der Waals surface area contributed by atoms with E-state index in [1.54, 1.807) is 0 Å². The predicted octanol–water partition coefficient (Wildman–Crippen LogP) is 6.26. The van der Waals surface area contributed by atoms with E-state index in [1.165, 1.54) is 27.8 Å². The highest BCUT2D eigenvalue weighted by molar-refractivity contribution is 5.92. The Hall–Kier alpha value is -4.14. The number of pyridine rings is 1. The average molecular weight is 478 g/mol. The van der Waals surface area contributed by atoms with E-state index < -0.39 is 0 Å². The van der Waals surface area contributed by atoms with Gasteiger partial charge in [0.2, 0.25) is 0 Å². The van der Waals surface area contributed by atoms with Gasteiger partial charge in [-0.2, -0.15) is 0 Å². The molecule has 0 radical (unpaired) electrons. The van der Waals surface area contributed by atoms with Crippen molar-refractivity contribution in [1.29, 1.82) is 0 Å². The summed E-state index contributed by atoms with van der Waals surface area (Å²) in [6, 6.07) is 6.56. The number of hydrogen-bond donors (Lipinski definition) is 2. The van der Waals surface area contributed by atoms with Gasteiger partial charge in [0.15, 0.2) is 0 Å². The van der Waals surface area contributed by atoms with Crippen molar-refractivity contribution < 1.29 is 0 Å². The Morgan fingerprint density at radius 1 is 1.25 bits per heavy atom. The van der Waals surface area contributed by atoms with Crippen molar-refractivity contribution in [3.8, 4) is 12.8 Å². The van der Waals surface area contributed by atoms with Gasteiger partial charge in [-0.15, -0.1) is 12.8 Å². The minimum Gasteiger partial charge on any atom is -0.388 e. The van der Waals surface area contributed by atoms with E-state index >= 15 is 0 Å². The summed E-state index contributed by atoms with van der Waals surface area (Å²) in [7, 11) is 6.10. The van der Waals surface area contributed by atoms with E-state index in [0.717, 1.165) is 41.1 Å². The summed E-state index contributed by atoms with van der Waals surface area (Å²) < 4.78 is 0. The lowest BCUT2D eigenvalue weighted by atomic mass is 9.98. The molecular weight excluding hydrogens is 442 g/mol. The molecule has 2 N–H and O–H groups in total. The van der Waals surface area contributed by atoms with Gasteiger partial charge < -0.3 is 15.2 Å². The van der Waals surface area contributed by atoms with Crippen molar-refractivity contribution in [3.05, 3.63) is 102 Å². The summed E-state index contributed by atoms with van der Waals surface area (Å²) in [5, 5.41) is 3.34. The third kappa shape index (κ3) is 6.10. The molecular formula is C31H35N5. The van der Waals surface area contributed by atoms with Crippen LogP contribution in [0.1, 0.15) is 35.9 Å². The molecule has 0 unspecified atom stereocenters. The number of imidazole rings is 1. The van der Waals surface area contributed by atoms with Gasteiger partial charge in [0.1, 0.15) is 5.82 Å². The van der Waals surface area contributed by atoms with Crippen LogP contribution in [0.3, 0.4) is 0 Å². The third-order valence-electron chi connectivity index (χ3n) is 6.00. The number of aromatic nitrogens is 3. The molecule has 4 rings (SSSR count). The minimum atomic E-state index is 0.694. The molecule has 1 aliphatic rings. The van der Waals surface area contributed by atoms with Crippen LogP contribution in [0.2, 0.25) is 0 Å². The summed E-state index contributed by atoms with van der Waals surface area (Å²) in [4.78, 5) is 15.0. The van der Waals surface area contributed by atoms with Gasteiger partial charge in [-0.05, 0) is 67.4 Å². The van der Waals surface area contributed by atoms with Gasteiger partial charge >= 0.3 is 0 Å². The van der Waals surface area contributed by atoms with Crippen molar-refractivity contribution in [2.75, 3.05) is 33.0 Å². The highest BCUT2D eigenvalue weighted by Gasteiger charge is 2.14. The molecule has 0 aliphatic heterocycles. The fraction of sp³-hybridized carbons (Fsp3) is 0.226. The zero-order valence-electron chi connectivity index (χ0n) is 21.7. The zero-order valence-corrected chi connectivity index (χ0v) is 21.7. The van der Waals surface area contributed by atoms with Crippen LogP contribution in [0.15, 0.2) is 79.2 Å². The Morgan fingerprint density at radius 2 is 2.06 bits per heavy atom. The van der Waals surface area contributed by atoms with Crippen LogP contribution < -0.4 is 5.32 Å². The Labute approximate surface area is 215 Å². The number of likely N-dealkylation sites (N-methyl/N-ethyl adjacent to an activating group) is 1. The number of fused-ring (bicyclic) bond motifs is 1. The number of aromatic amines is 1. The molecule has 3 aromatic rings. The molecule has 0 bridgehead atoms. The number of allylic oxidation sites excluding steroid dienone is 7. The van der Waals surface area contributed by atoms with Crippen LogP contribution in [-0.2, 0) is 6.42 Å². The fourth-order valence-electron chi connectivity index (χ4n) is 4.35. The largest absolute Gasteiger partial charge is 0.388 e. The van der Waals surface area contributed by atoms with Gasteiger partial charge in [-0.25, -0.2) is 4.98 Å². The summed E-state index contributed by atoms with van der Waals surface area (Å²) in [6.07, 6.45) is 26.2. The van der Waals surface area contributed by atoms with Crippen LogP contribution in [-0.4, -0.2) is 47.5 Å². The summed E-state index contributed by atoms with van der Waals surface area (Å²) in [5.74, 6) is 0.928. The molecule has 1 aromatic carbocycles. The fourth-order valence-corrected chi connectivity index (χ4v) is 4.35. The van der Waals surface area contributed by atoms with Gasteiger partial charge in [0.05, 0.1) is 17.2 Å². The van der Waals surface area contributed by atoms with E-state index in [4.69, 9.17) is 4.98 Å². The Bertz CT molecular complexity index is 1360. The Morgan fingerprint density at radius 3 is 2.69 bits per heavy atom. The van der Waals surface area contributed by atoms with Crippen LogP contribution in [0.4, 0.5) is 5.69 Å². The number of nitrogens with zero attached hydrogens (tertiary/aromatic N) is 3. The number of terminal acetylenes is 1. The first kappa shape index (κ1) is 26.5. The molecule has 0 amide bonds. The highest BCUT2D eigenvalue weighted by Crippen LogP contribution is 2.29. The van der Waals surface area contributed by atoms with E-state index in [1.807, 2.05) is 25.5 Å². The molecule has 0 atom stereocenters. The van der Waals surface area contributed by atoms with Crippen molar-refractivity contribution in [2.45, 2.75) is 19.8 Å². The van der Waals surface area contributed by atoms with E-state index in [0.29, 0.717) is 6.42 Å². The lowest BCUT2D eigenvalue weighted by Crippen LogP contribution is -2.14. The molecule has 1 aliphatic carbocycles. The van der Waals surface area contributed by atoms with E-state index in [9.17, 15) is 0 Å². The summed E-state index contributed by atoms with van der Waals surface area (Å²) in [6.45, 7) is 6.92. The average Bonchev–Trinajstić information content (AvgIpc) is 3.57. The predicted molar refractivity (Wildman–Crippen MR) is 155 cm³/mol. The second-order valence-electron chi connectivity index (χ2n) is 8.77. The summed E-state index contributed by atoms with van der Waals surface area (Å²) in [5.41, 5.74) is 10.0. The summed E-state index contributed by atoms with van der Waals surface area (Å²) >= 11 is 0. The molecule has 0 saturated heterocycles. The first-order valence-corrected chi connectivity index (χ1v) is 12.0. The minimum absolute atomic E-state index is 0.694. The zero-order chi connectivity index (χ0) is 26.1. The normalized spacial score (nSPS) is 13.5. The first-order valence-electron chi connectivity index (χ1n) is 12.0. The van der Waals surface area contributed by atoms with Crippen LogP contribution in [0.25, 0.3) is 22.2 Å². The van der Waals surface area contributed by atoms with Gasteiger partial charge in [-0.3, -0.25) is 4.98 Å². The monoisotopic (exact) mass is 477 g/mol. The Kier molecular flexibility index (Phi) is 9.21. The maximum absolute atomic E-state index is 4.97. The standard InChI is InChI=1S/C29H33N5.C2H2/c1-6-20(19-34(4)5)14-21(7-2)23-12-13-26(30-3)24(15-23)16-28-32-27-18-31-17-25(29(27)33-28)22-10-8-9-11-22;1-2/h6-8,10-15,17-18,30H,1,9,16,19H2,2-5H3,(H,32,33);1-2H/b20-14+,21-7+;. The van der Waals surface area contributed by atoms with Crippen molar-refractivity contribution in [2.24, 2.45) is 0 Å². The molecule has 0 saturated carbocycles. The first-order chi connectivity index (χ1) is 17.5. The molecule has 0 fully saturated rings. The number of anilines is 1. The number of nitrogens with one attached hydrogen (secondary N) is 2. The number of H-pyrrole nitrogens is 1. The van der Waals surface area contributed by atoms with Crippen molar-refractivity contribution in [3.63, 3.8) is 0 Å². The molecule has 36 heavy (non-hydrogen) atoms. The SMILES string of the molecule is C#C.C=C/C(=C\C(=C/C)c1ccc(NC)c(Cc2nc3c(C4=CCC=C4)cncc3[nH]2)c1)CN(C)C. The number of rotatable bonds is 9. The second-order valence-corrected chi connectivity index (χ2v) is 8.77. The van der Waals surface area contributed by atoms with Crippen molar-refractivity contribution >= 4 is 27.9 Å². The molecule has 2 aromatic heterocycles.